The van der Waals surface area contributed by atoms with E-state index in [9.17, 15) is 4.79 Å². The predicted molar refractivity (Wildman–Crippen MR) is 63.3 cm³/mol. The van der Waals surface area contributed by atoms with Gasteiger partial charge in [0.05, 0.1) is 0 Å². The van der Waals surface area contributed by atoms with E-state index in [-0.39, 0.29) is 11.8 Å². The summed E-state index contributed by atoms with van der Waals surface area (Å²) in [6, 6.07) is 5.00. The van der Waals surface area contributed by atoms with Crippen LogP contribution in [0.5, 0.6) is 0 Å². The Bertz CT molecular complexity index is 366. The third-order valence-electron chi connectivity index (χ3n) is 2.17. The van der Waals surface area contributed by atoms with Gasteiger partial charge < -0.3 is 10.5 Å². The van der Waals surface area contributed by atoms with E-state index in [1.807, 2.05) is 0 Å². The molecule has 4 heteroatoms. The van der Waals surface area contributed by atoms with Gasteiger partial charge in [-0.05, 0) is 31.0 Å². The van der Waals surface area contributed by atoms with Crippen molar-refractivity contribution in [2.75, 3.05) is 0 Å². The highest BCUT2D eigenvalue weighted by atomic mass is 35.5. The van der Waals surface area contributed by atoms with Crippen LogP contribution in [-0.4, -0.2) is 5.78 Å². The predicted octanol–water partition coefficient (Wildman–Crippen LogP) is 3.36. The Hall–Kier alpha value is -0.570. The minimum atomic E-state index is -0.210. The smallest absolute Gasteiger partial charge is 0.129 e. The summed E-state index contributed by atoms with van der Waals surface area (Å²) >= 11 is 11.8. The van der Waals surface area contributed by atoms with Gasteiger partial charge in [-0.25, -0.2) is 0 Å². The molecule has 2 nitrogen and oxygen atoms in total. The number of rotatable bonds is 4. The van der Waals surface area contributed by atoms with E-state index in [0.29, 0.717) is 22.9 Å². The van der Waals surface area contributed by atoms with Gasteiger partial charge in [0.15, 0.2) is 0 Å². The molecular formula is C11H13Cl2NO. The van der Waals surface area contributed by atoms with Crippen LogP contribution in [0.3, 0.4) is 0 Å². The van der Waals surface area contributed by atoms with Crippen LogP contribution in [0.1, 0.15) is 31.4 Å². The topological polar surface area (TPSA) is 43.1 Å². The zero-order valence-electron chi connectivity index (χ0n) is 8.47. The summed E-state index contributed by atoms with van der Waals surface area (Å²) < 4.78 is 0. The van der Waals surface area contributed by atoms with E-state index in [4.69, 9.17) is 28.9 Å². The van der Waals surface area contributed by atoms with Crippen molar-refractivity contribution in [1.29, 1.82) is 0 Å². The molecule has 0 bridgehead atoms. The van der Waals surface area contributed by atoms with Crippen LogP contribution in [0.2, 0.25) is 10.0 Å². The fourth-order valence-electron chi connectivity index (χ4n) is 1.32. The van der Waals surface area contributed by atoms with Gasteiger partial charge in [0.2, 0.25) is 0 Å². The number of nitrogens with two attached hydrogens (primary N) is 1. The third-order valence-corrected chi connectivity index (χ3v) is 2.73. The number of Topliss-reactive ketones (excluding diaryl/α,β-unsaturated/α-hetero) is 1. The minimum Gasteiger partial charge on any atom is -0.324 e. The van der Waals surface area contributed by atoms with Gasteiger partial charge >= 0.3 is 0 Å². The molecule has 1 aromatic carbocycles. The summed E-state index contributed by atoms with van der Waals surface area (Å²) in [5.74, 6) is 0.135. The summed E-state index contributed by atoms with van der Waals surface area (Å²) in [6.45, 7) is 1.55. The molecule has 0 fully saturated rings. The summed E-state index contributed by atoms with van der Waals surface area (Å²) in [5.41, 5.74) is 6.75. The average molecular weight is 246 g/mol. The molecule has 2 N–H and O–H groups in total. The van der Waals surface area contributed by atoms with Gasteiger partial charge in [-0.2, -0.15) is 0 Å². The van der Waals surface area contributed by atoms with Crippen LogP contribution in [0.15, 0.2) is 18.2 Å². The molecule has 0 amide bonds. The molecule has 0 aliphatic heterocycles. The number of carbonyl (C=O) groups is 1. The molecule has 1 atom stereocenters. The molecule has 0 heterocycles. The molecule has 0 aliphatic carbocycles. The maximum Gasteiger partial charge on any atom is 0.129 e. The van der Waals surface area contributed by atoms with E-state index in [1.165, 1.54) is 0 Å². The zero-order valence-corrected chi connectivity index (χ0v) is 9.98. The number of ketones is 1. The van der Waals surface area contributed by atoms with Gasteiger partial charge in [-0.15, -0.1) is 0 Å². The van der Waals surface area contributed by atoms with Crippen molar-refractivity contribution >= 4 is 29.0 Å². The first-order valence-electron chi connectivity index (χ1n) is 4.70. The Morgan fingerprint density at radius 3 is 2.67 bits per heavy atom. The zero-order chi connectivity index (χ0) is 11.4. The lowest BCUT2D eigenvalue weighted by atomic mass is 10.0. The Balaban J connectivity index is 2.73. The van der Waals surface area contributed by atoms with Gasteiger partial charge in [0, 0.05) is 22.5 Å². The molecule has 15 heavy (non-hydrogen) atoms. The van der Waals surface area contributed by atoms with Crippen molar-refractivity contribution in [3.63, 3.8) is 0 Å². The summed E-state index contributed by atoms with van der Waals surface area (Å²) in [6.07, 6.45) is 1.08. The lowest BCUT2D eigenvalue weighted by Gasteiger charge is -2.12. The molecule has 0 spiro atoms. The second-order valence-electron chi connectivity index (χ2n) is 3.51. The van der Waals surface area contributed by atoms with Gasteiger partial charge in [0.25, 0.3) is 0 Å². The first kappa shape index (κ1) is 12.5. The van der Waals surface area contributed by atoms with E-state index < -0.39 is 0 Å². The molecule has 1 unspecified atom stereocenters. The van der Waals surface area contributed by atoms with Crippen molar-refractivity contribution < 1.29 is 4.79 Å². The van der Waals surface area contributed by atoms with E-state index in [2.05, 4.69) is 0 Å². The molecule has 0 aliphatic rings. The first-order chi connectivity index (χ1) is 7.00. The summed E-state index contributed by atoms with van der Waals surface area (Å²) in [4.78, 5) is 10.8. The number of hydrogen-bond donors (Lipinski definition) is 1. The normalized spacial score (nSPS) is 12.5. The molecule has 0 aromatic heterocycles. The third kappa shape index (κ3) is 3.82. The van der Waals surface area contributed by atoms with E-state index >= 15 is 0 Å². The van der Waals surface area contributed by atoms with Crippen LogP contribution >= 0.6 is 23.2 Å². The minimum absolute atomic E-state index is 0.135. The first-order valence-corrected chi connectivity index (χ1v) is 5.46. The number of halogens is 2. The highest BCUT2D eigenvalue weighted by Crippen LogP contribution is 2.27. The lowest BCUT2D eigenvalue weighted by molar-refractivity contribution is -0.117. The van der Waals surface area contributed by atoms with Gasteiger partial charge in [-0.1, -0.05) is 29.3 Å². The van der Waals surface area contributed by atoms with E-state index in [1.54, 1.807) is 25.1 Å². The Kier molecular flexibility index (Phi) is 4.58. The van der Waals surface area contributed by atoms with Crippen molar-refractivity contribution in [3.8, 4) is 0 Å². The summed E-state index contributed by atoms with van der Waals surface area (Å²) in [5, 5.41) is 1.14. The van der Waals surface area contributed by atoms with Crippen molar-refractivity contribution in [2.24, 2.45) is 5.73 Å². The van der Waals surface area contributed by atoms with Crippen LogP contribution in [0, 0.1) is 0 Å². The standard InChI is InChI=1S/C11H13Cl2NO/c1-7(15)2-5-11(14)9-4-3-8(12)6-10(9)13/h3-4,6,11H,2,5,14H2,1H3. The summed E-state index contributed by atoms with van der Waals surface area (Å²) in [7, 11) is 0. The Morgan fingerprint density at radius 1 is 1.47 bits per heavy atom. The van der Waals surface area contributed by atoms with E-state index in [0.717, 1.165) is 5.56 Å². The molecule has 0 radical (unpaired) electrons. The highest BCUT2D eigenvalue weighted by Gasteiger charge is 2.11. The monoisotopic (exact) mass is 245 g/mol. The molecule has 0 saturated heterocycles. The molecule has 0 saturated carbocycles. The highest BCUT2D eigenvalue weighted by molar-refractivity contribution is 6.35. The van der Waals surface area contributed by atoms with Crippen LogP contribution in [0.4, 0.5) is 0 Å². The molecule has 82 valence electrons. The second kappa shape index (κ2) is 5.50. The number of hydrogen-bond acceptors (Lipinski definition) is 2. The molecule has 1 aromatic rings. The van der Waals surface area contributed by atoms with Crippen LogP contribution in [0.25, 0.3) is 0 Å². The fraction of sp³-hybridized carbons (Fsp3) is 0.364. The molecule has 1 rings (SSSR count). The van der Waals surface area contributed by atoms with Crippen molar-refractivity contribution in [2.45, 2.75) is 25.8 Å². The number of carbonyl (C=O) groups excluding carboxylic acids is 1. The number of benzene rings is 1. The lowest BCUT2D eigenvalue weighted by Crippen LogP contribution is -2.12. The Morgan fingerprint density at radius 2 is 2.13 bits per heavy atom. The fourth-order valence-corrected chi connectivity index (χ4v) is 1.87. The van der Waals surface area contributed by atoms with Crippen molar-refractivity contribution in [3.05, 3.63) is 33.8 Å². The average Bonchev–Trinajstić information content (AvgIpc) is 2.14. The SMILES string of the molecule is CC(=O)CCC(N)c1ccc(Cl)cc1Cl. The maximum atomic E-state index is 10.8. The quantitative estimate of drug-likeness (QED) is 0.885. The van der Waals surface area contributed by atoms with Crippen molar-refractivity contribution in [1.82, 2.24) is 0 Å². The molecular weight excluding hydrogens is 233 g/mol. The largest absolute Gasteiger partial charge is 0.324 e. The second-order valence-corrected chi connectivity index (χ2v) is 4.36. The maximum absolute atomic E-state index is 10.8. The van der Waals surface area contributed by atoms with Crippen LogP contribution < -0.4 is 5.73 Å². The Labute approximate surface area is 99.4 Å². The van der Waals surface area contributed by atoms with Gasteiger partial charge in [-0.3, -0.25) is 0 Å². The van der Waals surface area contributed by atoms with Crippen LogP contribution in [-0.2, 0) is 4.79 Å². The van der Waals surface area contributed by atoms with Gasteiger partial charge in [0.1, 0.15) is 5.78 Å².